The fraction of sp³-hybridized carbons (Fsp3) is 0.333. The second kappa shape index (κ2) is 11.7. The molecule has 0 aliphatic rings. The number of nitrogens with zero attached hydrogens (tertiary/aromatic N) is 2. The highest BCUT2D eigenvalue weighted by Gasteiger charge is 2.14. The first-order valence-electron chi connectivity index (χ1n) is 10.7. The number of methoxy groups -OCH3 is 2. The number of carbonyl (C=O) groups excluding carboxylic acids is 2. The van der Waals surface area contributed by atoms with E-state index in [1.165, 1.54) is 0 Å². The molecule has 0 saturated carbocycles. The third-order valence-electron chi connectivity index (χ3n) is 4.81. The standard InChI is InChI=1S/C24H27N3O6/c1-4-5-14-32-24(29)16-6-9-18(10-7-16)25-21(28)12-13-22-26-23(27-33-22)17-8-11-19(30-2)20(15-17)31-3/h6-11,15H,4-5,12-14H2,1-3H3,(H,25,28). The van der Waals surface area contributed by atoms with Crippen molar-refractivity contribution in [2.24, 2.45) is 0 Å². The van der Waals surface area contributed by atoms with E-state index < -0.39 is 0 Å². The van der Waals surface area contributed by atoms with Gasteiger partial charge in [-0.25, -0.2) is 4.79 Å². The zero-order valence-corrected chi connectivity index (χ0v) is 18.9. The second-order valence-electron chi connectivity index (χ2n) is 7.20. The van der Waals surface area contributed by atoms with Crippen molar-refractivity contribution in [1.82, 2.24) is 10.1 Å². The number of aromatic nitrogens is 2. The molecular formula is C24H27N3O6. The van der Waals surface area contributed by atoms with Crippen molar-refractivity contribution in [3.8, 4) is 22.9 Å². The van der Waals surface area contributed by atoms with E-state index in [9.17, 15) is 9.59 Å². The zero-order chi connectivity index (χ0) is 23.6. The van der Waals surface area contributed by atoms with Crippen LogP contribution in [0.1, 0.15) is 42.4 Å². The van der Waals surface area contributed by atoms with Gasteiger partial charge >= 0.3 is 5.97 Å². The van der Waals surface area contributed by atoms with Crippen LogP contribution in [0.5, 0.6) is 11.5 Å². The summed E-state index contributed by atoms with van der Waals surface area (Å²) in [5.74, 6) is 1.32. The van der Waals surface area contributed by atoms with Crippen LogP contribution in [-0.2, 0) is 16.0 Å². The number of hydrogen-bond acceptors (Lipinski definition) is 8. The average Bonchev–Trinajstić information content (AvgIpc) is 3.32. The van der Waals surface area contributed by atoms with Gasteiger partial charge in [-0.05, 0) is 48.9 Å². The van der Waals surface area contributed by atoms with Gasteiger partial charge in [0, 0.05) is 24.1 Å². The van der Waals surface area contributed by atoms with Gasteiger partial charge in [-0.15, -0.1) is 0 Å². The number of hydrogen-bond donors (Lipinski definition) is 1. The van der Waals surface area contributed by atoms with Crippen molar-refractivity contribution in [2.75, 3.05) is 26.1 Å². The van der Waals surface area contributed by atoms with E-state index in [1.54, 1.807) is 56.7 Å². The third kappa shape index (κ3) is 6.55. The maximum atomic E-state index is 12.3. The van der Waals surface area contributed by atoms with Crippen molar-refractivity contribution >= 4 is 17.6 Å². The summed E-state index contributed by atoms with van der Waals surface area (Å²) in [5, 5.41) is 6.76. The molecule has 0 radical (unpaired) electrons. The number of rotatable bonds is 11. The number of unbranched alkanes of at least 4 members (excludes halogenated alkanes) is 1. The lowest BCUT2D eigenvalue weighted by atomic mass is 10.2. The van der Waals surface area contributed by atoms with Crippen LogP contribution in [0.3, 0.4) is 0 Å². The molecule has 0 bridgehead atoms. The van der Waals surface area contributed by atoms with Crippen LogP contribution in [-0.4, -0.2) is 42.8 Å². The minimum atomic E-state index is -0.372. The fourth-order valence-electron chi connectivity index (χ4n) is 2.98. The van der Waals surface area contributed by atoms with Crippen LogP contribution in [0.15, 0.2) is 47.0 Å². The molecule has 33 heavy (non-hydrogen) atoms. The maximum Gasteiger partial charge on any atom is 0.338 e. The van der Waals surface area contributed by atoms with Crippen LogP contribution in [0, 0.1) is 0 Å². The summed E-state index contributed by atoms with van der Waals surface area (Å²) in [5.41, 5.74) is 1.74. The summed E-state index contributed by atoms with van der Waals surface area (Å²) in [6, 6.07) is 11.9. The lowest BCUT2D eigenvalue weighted by Crippen LogP contribution is -2.13. The molecule has 0 unspecified atom stereocenters. The smallest absolute Gasteiger partial charge is 0.338 e. The molecular weight excluding hydrogens is 426 g/mol. The Kier molecular flexibility index (Phi) is 8.40. The molecule has 1 N–H and O–H groups in total. The molecule has 3 rings (SSSR count). The molecule has 0 atom stereocenters. The number of nitrogens with one attached hydrogen (secondary N) is 1. The highest BCUT2D eigenvalue weighted by atomic mass is 16.5. The average molecular weight is 453 g/mol. The molecule has 9 heteroatoms. The Hall–Kier alpha value is -3.88. The number of ether oxygens (including phenoxy) is 3. The van der Waals surface area contributed by atoms with Gasteiger partial charge in [-0.2, -0.15) is 4.98 Å². The highest BCUT2D eigenvalue weighted by Crippen LogP contribution is 2.31. The predicted molar refractivity (Wildman–Crippen MR) is 121 cm³/mol. The molecule has 174 valence electrons. The van der Waals surface area contributed by atoms with Crippen LogP contribution in [0.2, 0.25) is 0 Å². The summed E-state index contributed by atoms with van der Waals surface area (Å²) in [6.45, 7) is 2.43. The van der Waals surface area contributed by atoms with Gasteiger partial charge in [0.15, 0.2) is 11.5 Å². The van der Waals surface area contributed by atoms with Gasteiger partial charge in [0.2, 0.25) is 17.6 Å². The number of esters is 1. The lowest BCUT2D eigenvalue weighted by molar-refractivity contribution is -0.116. The molecule has 1 heterocycles. The Labute approximate surface area is 192 Å². The number of carbonyl (C=O) groups is 2. The van der Waals surface area contributed by atoms with Gasteiger partial charge in [0.05, 0.1) is 26.4 Å². The van der Waals surface area contributed by atoms with Crippen LogP contribution >= 0.6 is 0 Å². The van der Waals surface area contributed by atoms with E-state index >= 15 is 0 Å². The van der Waals surface area contributed by atoms with Gasteiger partial charge in [-0.3, -0.25) is 4.79 Å². The topological polar surface area (TPSA) is 113 Å². The van der Waals surface area contributed by atoms with E-state index in [1.807, 2.05) is 6.92 Å². The monoisotopic (exact) mass is 453 g/mol. The van der Waals surface area contributed by atoms with E-state index in [2.05, 4.69) is 15.5 Å². The Bertz CT molecular complexity index is 1080. The molecule has 1 aromatic heterocycles. The summed E-state index contributed by atoms with van der Waals surface area (Å²) in [4.78, 5) is 28.6. The quantitative estimate of drug-likeness (QED) is 0.338. The van der Waals surface area contributed by atoms with Crippen molar-refractivity contribution in [1.29, 1.82) is 0 Å². The van der Waals surface area contributed by atoms with E-state index in [0.29, 0.717) is 46.6 Å². The number of amides is 1. The van der Waals surface area contributed by atoms with Gasteiger partial charge < -0.3 is 24.1 Å². The van der Waals surface area contributed by atoms with Gasteiger partial charge in [0.25, 0.3) is 0 Å². The molecule has 0 aliphatic heterocycles. The van der Waals surface area contributed by atoms with E-state index in [4.69, 9.17) is 18.7 Å². The first-order chi connectivity index (χ1) is 16.0. The number of anilines is 1. The Morgan fingerprint density at radius 3 is 2.48 bits per heavy atom. The van der Waals surface area contributed by atoms with Gasteiger partial charge in [-0.1, -0.05) is 18.5 Å². The molecule has 9 nitrogen and oxygen atoms in total. The maximum absolute atomic E-state index is 12.3. The Morgan fingerprint density at radius 1 is 1.03 bits per heavy atom. The summed E-state index contributed by atoms with van der Waals surface area (Å²) in [7, 11) is 3.11. The molecule has 0 saturated heterocycles. The normalized spacial score (nSPS) is 10.5. The van der Waals surface area contributed by atoms with Crippen LogP contribution < -0.4 is 14.8 Å². The minimum absolute atomic E-state index is 0.161. The molecule has 3 aromatic rings. The molecule has 1 amide bonds. The minimum Gasteiger partial charge on any atom is -0.493 e. The second-order valence-corrected chi connectivity index (χ2v) is 7.20. The third-order valence-corrected chi connectivity index (χ3v) is 4.81. The number of aryl methyl sites for hydroxylation is 1. The Morgan fingerprint density at radius 2 is 1.79 bits per heavy atom. The summed E-state index contributed by atoms with van der Waals surface area (Å²) in [6.07, 6.45) is 2.23. The van der Waals surface area contributed by atoms with Crippen molar-refractivity contribution in [2.45, 2.75) is 32.6 Å². The first kappa shape index (κ1) is 23.8. The molecule has 2 aromatic carbocycles. The van der Waals surface area contributed by atoms with E-state index in [0.717, 1.165) is 12.8 Å². The number of benzene rings is 2. The zero-order valence-electron chi connectivity index (χ0n) is 18.9. The van der Waals surface area contributed by atoms with E-state index in [-0.39, 0.29) is 24.7 Å². The predicted octanol–water partition coefficient (Wildman–Crippen LogP) is 4.28. The van der Waals surface area contributed by atoms with Crippen molar-refractivity contribution < 1.29 is 28.3 Å². The van der Waals surface area contributed by atoms with Crippen LogP contribution in [0.4, 0.5) is 5.69 Å². The van der Waals surface area contributed by atoms with Gasteiger partial charge in [0.1, 0.15) is 0 Å². The first-order valence-corrected chi connectivity index (χ1v) is 10.7. The summed E-state index contributed by atoms with van der Waals surface area (Å²) < 4.78 is 21.0. The van der Waals surface area contributed by atoms with Crippen molar-refractivity contribution in [3.05, 3.63) is 53.9 Å². The molecule has 0 spiro atoms. The molecule has 0 aliphatic carbocycles. The van der Waals surface area contributed by atoms with Crippen molar-refractivity contribution in [3.63, 3.8) is 0 Å². The molecule has 0 fully saturated rings. The largest absolute Gasteiger partial charge is 0.493 e. The lowest BCUT2D eigenvalue weighted by Gasteiger charge is -2.07. The highest BCUT2D eigenvalue weighted by molar-refractivity contribution is 5.93. The SMILES string of the molecule is CCCCOC(=O)c1ccc(NC(=O)CCc2nc(-c3ccc(OC)c(OC)c3)no2)cc1. The van der Waals surface area contributed by atoms with Crippen LogP contribution in [0.25, 0.3) is 11.4 Å². The Balaban J connectivity index is 1.51. The summed E-state index contributed by atoms with van der Waals surface area (Å²) >= 11 is 0. The fourth-order valence-corrected chi connectivity index (χ4v) is 2.98.